The molecule has 0 aromatic rings. The Kier molecular flexibility index (Phi) is 1.87. The highest BCUT2D eigenvalue weighted by molar-refractivity contribution is 5.45. The Morgan fingerprint density at radius 2 is 2.31 bits per heavy atom. The molecule has 0 aromatic heterocycles. The van der Waals surface area contributed by atoms with Crippen LogP contribution in [0.15, 0.2) is 60.1 Å². The van der Waals surface area contributed by atoms with Crippen LogP contribution < -0.4 is 5.73 Å². The van der Waals surface area contributed by atoms with Crippen LogP contribution in [0.1, 0.15) is 12.8 Å². The Hall–Kier alpha value is -1.70. The smallest absolute Gasteiger partial charge is 0.138 e. The van der Waals surface area contributed by atoms with Crippen molar-refractivity contribution in [3.05, 3.63) is 60.1 Å². The summed E-state index contributed by atoms with van der Waals surface area (Å²) in [7, 11) is 0. The summed E-state index contributed by atoms with van der Waals surface area (Å²) >= 11 is 0. The van der Waals surface area contributed by atoms with Gasteiger partial charge in [-0.25, -0.2) is 0 Å². The van der Waals surface area contributed by atoms with Crippen LogP contribution in [-0.2, 0) is 4.74 Å². The van der Waals surface area contributed by atoms with Crippen LogP contribution in [-0.4, -0.2) is 5.60 Å². The molecule has 0 bridgehead atoms. The lowest BCUT2D eigenvalue weighted by molar-refractivity contribution is 0.123. The zero-order valence-corrected chi connectivity index (χ0v) is 9.15. The molecule has 1 heterocycles. The average Bonchev–Trinajstić information content (AvgIpc) is 2.88. The second-order valence-electron chi connectivity index (χ2n) is 4.60. The highest BCUT2D eigenvalue weighted by atomic mass is 16.5. The fraction of sp³-hybridized carbons (Fsp3) is 0.286. The van der Waals surface area contributed by atoms with Crippen molar-refractivity contribution in [2.45, 2.75) is 18.4 Å². The minimum absolute atomic E-state index is 0.140. The van der Waals surface area contributed by atoms with Crippen molar-refractivity contribution in [2.75, 3.05) is 0 Å². The van der Waals surface area contributed by atoms with Gasteiger partial charge in [0.15, 0.2) is 0 Å². The van der Waals surface area contributed by atoms with Gasteiger partial charge < -0.3 is 10.5 Å². The minimum Gasteiger partial charge on any atom is -0.483 e. The third-order valence-corrected chi connectivity index (χ3v) is 3.42. The Morgan fingerprint density at radius 3 is 3.19 bits per heavy atom. The Balaban J connectivity index is 1.99. The molecule has 2 aliphatic carbocycles. The van der Waals surface area contributed by atoms with E-state index in [1.54, 1.807) is 0 Å². The second kappa shape index (κ2) is 3.14. The van der Waals surface area contributed by atoms with E-state index in [0.717, 1.165) is 24.3 Å². The van der Waals surface area contributed by atoms with Crippen LogP contribution in [0.4, 0.5) is 0 Å². The van der Waals surface area contributed by atoms with Gasteiger partial charge in [-0.3, -0.25) is 0 Å². The molecule has 2 nitrogen and oxygen atoms in total. The summed E-state index contributed by atoms with van der Waals surface area (Å²) in [5, 5.41) is 0. The van der Waals surface area contributed by atoms with Gasteiger partial charge in [-0.15, -0.1) is 0 Å². The van der Waals surface area contributed by atoms with Crippen molar-refractivity contribution in [3.8, 4) is 0 Å². The third kappa shape index (κ3) is 1.33. The van der Waals surface area contributed by atoms with E-state index in [2.05, 4.69) is 18.7 Å². The number of allylic oxidation sites excluding steroid dienone is 5. The van der Waals surface area contributed by atoms with Crippen molar-refractivity contribution in [1.82, 2.24) is 0 Å². The fourth-order valence-electron chi connectivity index (χ4n) is 2.55. The number of nitrogens with two attached hydrogens (primary N) is 1. The van der Waals surface area contributed by atoms with E-state index in [9.17, 15) is 0 Å². The Bertz CT molecular complexity index is 467. The fourth-order valence-corrected chi connectivity index (χ4v) is 2.55. The lowest BCUT2D eigenvalue weighted by Crippen LogP contribution is -2.22. The van der Waals surface area contributed by atoms with Gasteiger partial charge in [0.05, 0.1) is 0 Å². The lowest BCUT2D eigenvalue weighted by Gasteiger charge is -2.24. The highest BCUT2D eigenvalue weighted by Crippen LogP contribution is 2.57. The number of hydrogen-bond acceptors (Lipinski definition) is 2. The van der Waals surface area contributed by atoms with Crippen molar-refractivity contribution < 1.29 is 4.74 Å². The Labute approximate surface area is 95.5 Å². The zero-order chi connectivity index (χ0) is 11.2. The van der Waals surface area contributed by atoms with Crippen LogP contribution in [0.3, 0.4) is 0 Å². The normalized spacial score (nSPS) is 39.8. The van der Waals surface area contributed by atoms with E-state index >= 15 is 0 Å². The molecule has 0 saturated heterocycles. The van der Waals surface area contributed by atoms with E-state index < -0.39 is 0 Å². The molecule has 2 unspecified atom stereocenters. The van der Waals surface area contributed by atoms with Gasteiger partial charge >= 0.3 is 0 Å². The van der Waals surface area contributed by atoms with Crippen molar-refractivity contribution >= 4 is 0 Å². The average molecular weight is 213 g/mol. The van der Waals surface area contributed by atoms with E-state index in [0.29, 0.717) is 5.92 Å². The van der Waals surface area contributed by atoms with E-state index in [4.69, 9.17) is 10.5 Å². The van der Waals surface area contributed by atoms with Gasteiger partial charge in [-0.2, -0.15) is 0 Å². The van der Waals surface area contributed by atoms with E-state index in [-0.39, 0.29) is 5.60 Å². The first-order valence-electron chi connectivity index (χ1n) is 5.60. The summed E-state index contributed by atoms with van der Waals surface area (Å²) in [5.41, 5.74) is 7.89. The van der Waals surface area contributed by atoms with Crippen LogP contribution in [0.5, 0.6) is 0 Å². The first kappa shape index (κ1) is 9.52. The van der Waals surface area contributed by atoms with Gasteiger partial charge in [0, 0.05) is 18.0 Å². The highest BCUT2D eigenvalue weighted by Gasteiger charge is 2.59. The SMILES string of the molecule is C=C1/C=C\C=C/CC2=CC(N)=CC3CC23O1. The summed E-state index contributed by atoms with van der Waals surface area (Å²) in [6.07, 6.45) is 14.1. The molecule has 1 aliphatic heterocycles. The topological polar surface area (TPSA) is 35.2 Å². The van der Waals surface area contributed by atoms with Crippen LogP contribution in [0.2, 0.25) is 0 Å². The summed E-state index contributed by atoms with van der Waals surface area (Å²) in [6, 6.07) is 0. The summed E-state index contributed by atoms with van der Waals surface area (Å²) in [4.78, 5) is 0. The maximum Gasteiger partial charge on any atom is 0.138 e. The molecule has 16 heavy (non-hydrogen) atoms. The van der Waals surface area contributed by atoms with Gasteiger partial charge in [-0.1, -0.05) is 30.9 Å². The maximum absolute atomic E-state index is 6.00. The lowest BCUT2D eigenvalue weighted by atomic mass is 9.96. The molecular formula is C14H15NO. The largest absolute Gasteiger partial charge is 0.483 e. The van der Waals surface area contributed by atoms with Crippen molar-refractivity contribution in [1.29, 1.82) is 0 Å². The van der Waals surface area contributed by atoms with E-state index in [1.807, 2.05) is 24.3 Å². The molecule has 1 saturated carbocycles. The molecule has 1 fully saturated rings. The zero-order valence-electron chi connectivity index (χ0n) is 9.15. The van der Waals surface area contributed by atoms with Crippen molar-refractivity contribution in [2.24, 2.45) is 11.7 Å². The second-order valence-corrected chi connectivity index (χ2v) is 4.60. The summed E-state index contributed by atoms with van der Waals surface area (Å²) < 4.78 is 6.00. The molecule has 82 valence electrons. The molecule has 2 heteroatoms. The van der Waals surface area contributed by atoms with Gasteiger partial charge in [0.2, 0.25) is 0 Å². The predicted molar refractivity (Wildman–Crippen MR) is 64.3 cm³/mol. The summed E-state index contributed by atoms with van der Waals surface area (Å²) in [6.45, 7) is 3.92. The van der Waals surface area contributed by atoms with Crippen LogP contribution in [0.25, 0.3) is 0 Å². The van der Waals surface area contributed by atoms with Crippen LogP contribution >= 0.6 is 0 Å². The molecular weight excluding hydrogens is 198 g/mol. The Morgan fingerprint density at radius 1 is 1.44 bits per heavy atom. The van der Waals surface area contributed by atoms with Crippen molar-refractivity contribution in [3.63, 3.8) is 0 Å². The van der Waals surface area contributed by atoms with E-state index in [1.165, 1.54) is 5.57 Å². The number of ether oxygens (including phenoxy) is 1. The molecule has 0 radical (unpaired) electrons. The van der Waals surface area contributed by atoms with Crippen LogP contribution in [0, 0.1) is 5.92 Å². The summed E-state index contributed by atoms with van der Waals surface area (Å²) in [5.74, 6) is 1.16. The molecule has 1 spiro atoms. The third-order valence-electron chi connectivity index (χ3n) is 3.42. The standard InChI is InChI=1S/C14H15NO/c1-10-5-3-2-4-6-11-7-13(15)8-12-9-14(11,12)16-10/h2-5,7-8,12H,1,6,9,15H2/b4-2-,5-3-. The molecule has 2 N–H and O–H groups in total. The quantitative estimate of drug-likeness (QED) is 0.671. The maximum atomic E-state index is 6.00. The predicted octanol–water partition coefficient (Wildman–Crippen LogP) is 2.57. The molecule has 3 rings (SSSR count). The molecule has 0 amide bonds. The molecule has 3 aliphatic rings. The van der Waals surface area contributed by atoms with Gasteiger partial charge in [0.1, 0.15) is 11.4 Å². The van der Waals surface area contributed by atoms with Gasteiger partial charge in [0.25, 0.3) is 0 Å². The first-order chi connectivity index (χ1) is 7.71. The monoisotopic (exact) mass is 213 g/mol. The number of rotatable bonds is 0. The number of hydrogen-bond donors (Lipinski definition) is 1. The minimum atomic E-state index is -0.140. The van der Waals surface area contributed by atoms with Gasteiger partial charge in [-0.05, 0) is 24.1 Å². The molecule has 2 atom stereocenters. The first-order valence-corrected chi connectivity index (χ1v) is 5.60. The molecule has 0 aromatic carbocycles.